The third-order valence-corrected chi connectivity index (χ3v) is 3.97. The monoisotopic (exact) mass is 356 g/mol. The van der Waals surface area contributed by atoms with Gasteiger partial charge in [0.05, 0.1) is 11.7 Å². The van der Waals surface area contributed by atoms with Gasteiger partial charge in [-0.25, -0.2) is 0 Å². The number of hydrazine groups is 1. The van der Waals surface area contributed by atoms with Crippen LogP contribution in [0, 0.1) is 0 Å². The van der Waals surface area contributed by atoms with E-state index in [-0.39, 0.29) is 6.04 Å². The van der Waals surface area contributed by atoms with Gasteiger partial charge in [0.2, 0.25) is 0 Å². The van der Waals surface area contributed by atoms with E-state index in [1.54, 1.807) is 0 Å². The summed E-state index contributed by atoms with van der Waals surface area (Å²) < 4.78 is 2.89. The molecule has 2 rings (SSSR count). The van der Waals surface area contributed by atoms with E-state index >= 15 is 0 Å². The van der Waals surface area contributed by atoms with Crippen LogP contribution in [-0.2, 0) is 6.42 Å². The number of hydrogen-bond donors (Lipinski definition) is 2. The number of nitrogens with zero attached hydrogens (tertiary/aromatic N) is 2. The third kappa shape index (κ3) is 3.61. The van der Waals surface area contributed by atoms with E-state index in [1.807, 2.05) is 35.1 Å². The van der Waals surface area contributed by atoms with E-state index in [0.29, 0.717) is 17.5 Å². The number of nitrogens with one attached hydrogen (secondary N) is 1. The van der Waals surface area contributed by atoms with Crippen molar-refractivity contribution in [3.05, 3.63) is 51.2 Å². The van der Waals surface area contributed by atoms with E-state index in [1.165, 1.54) is 0 Å². The molecule has 2 aromatic rings. The SMILES string of the molecule is CC(C)n1ccc(CC(NN)c2ccc(Br)cc2Cl)n1. The smallest absolute Gasteiger partial charge is 0.0644 e. The van der Waals surface area contributed by atoms with Crippen molar-refractivity contribution in [3.8, 4) is 0 Å². The summed E-state index contributed by atoms with van der Waals surface area (Å²) in [5.74, 6) is 5.67. The van der Waals surface area contributed by atoms with Gasteiger partial charge in [0.15, 0.2) is 0 Å². The Morgan fingerprint density at radius 3 is 2.70 bits per heavy atom. The molecule has 0 amide bonds. The standard InChI is InChI=1S/C14H18BrClN4/c1-9(2)20-6-5-11(19-20)8-14(18-17)12-4-3-10(15)7-13(12)16/h3-7,9,14,18H,8,17H2,1-2H3. The summed E-state index contributed by atoms with van der Waals surface area (Å²) in [6.07, 6.45) is 2.67. The van der Waals surface area contributed by atoms with Crippen LogP contribution in [0.3, 0.4) is 0 Å². The van der Waals surface area contributed by atoms with Crippen molar-refractivity contribution >= 4 is 27.5 Å². The first kappa shape index (κ1) is 15.5. The zero-order chi connectivity index (χ0) is 14.7. The predicted molar refractivity (Wildman–Crippen MR) is 85.5 cm³/mol. The third-order valence-electron chi connectivity index (χ3n) is 3.15. The molecule has 3 N–H and O–H groups in total. The molecule has 0 spiro atoms. The second-order valence-electron chi connectivity index (χ2n) is 4.97. The maximum Gasteiger partial charge on any atom is 0.0644 e. The zero-order valence-electron chi connectivity index (χ0n) is 11.5. The molecular weight excluding hydrogens is 340 g/mol. The highest BCUT2D eigenvalue weighted by molar-refractivity contribution is 9.10. The number of nitrogens with two attached hydrogens (primary N) is 1. The Balaban J connectivity index is 2.19. The highest BCUT2D eigenvalue weighted by Gasteiger charge is 2.16. The van der Waals surface area contributed by atoms with Gasteiger partial charge in [-0.05, 0) is 37.6 Å². The Kier molecular flexibility index (Phi) is 5.21. The average Bonchev–Trinajstić information content (AvgIpc) is 2.85. The first-order chi connectivity index (χ1) is 9.51. The molecule has 0 saturated heterocycles. The van der Waals surface area contributed by atoms with Gasteiger partial charge in [0.1, 0.15) is 0 Å². The molecule has 0 fully saturated rings. The van der Waals surface area contributed by atoms with Gasteiger partial charge in [0.25, 0.3) is 0 Å². The molecule has 1 heterocycles. The minimum absolute atomic E-state index is 0.0638. The molecule has 1 atom stereocenters. The molecule has 0 radical (unpaired) electrons. The van der Waals surface area contributed by atoms with Crippen molar-refractivity contribution in [3.63, 3.8) is 0 Å². The van der Waals surface area contributed by atoms with Gasteiger partial charge >= 0.3 is 0 Å². The quantitative estimate of drug-likeness (QED) is 0.634. The van der Waals surface area contributed by atoms with Gasteiger partial charge in [-0.15, -0.1) is 0 Å². The van der Waals surface area contributed by atoms with Gasteiger partial charge < -0.3 is 0 Å². The molecule has 1 unspecified atom stereocenters. The Bertz CT molecular complexity index is 582. The van der Waals surface area contributed by atoms with E-state index in [0.717, 1.165) is 15.7 Å². The summed E-state index contributed by atoms with van der Waals surface area (Å²) in [6, 6.07) is 8.09. The number of benzene rings is 1. The molecule has 0 aliphatic carbocycles. The van der Waals surface area contributed by atoms with Crippen molar-refractivity contribution in [1.82, 2.24) is 15.2 Å². The van der Waals surface area contributed by atoms with Crippen LogP contribution >= 0.6 is 27.5 Å². The molecule has 108 valence electrons. The molecular formula is C14H18BrClN4. The van der Waals surface area contributed by atoms with Gasteiger partial charge in [0, 0.05) is 28.2 Å². The number of rotatable bonds is 5. The molecule has 1 aromatic heterocycles. The maximum absolute atomic E-state index is 6.27. The summed E-state index contributed by atoms with van der Waals surface area (Å²) in [4.78, 5) is 0. The summed E-state index contributed by atoms with van der Waals surface area (Å²) in [7, 11) is 0. The largest absolute Gasteiger partial charge is 0.271 e. The molecule has 0 aliphatic rings. The first-order valence-electron chi connectivity index (χ1n) is 6.46. The van der Waals surface area contributed by atoms with Crippen LogP contribution in [0.4, 0.5) is 0 Å². The molecule has 4 nitrogen and oxygen atoms in total. The van der Waals surface area contributed by atoms with Crippen LogP contribution < -0.4 is 11.3 Å². The highest BCUT2D eigenvalue weighted by Crippen LogP contribution is 2.28. The fourth-order valence-corrected chi connectivity index (χ4v) is 2.83. The second kappa shape index (κ2) is 6.72. The van der Waals surface area contributed by atoms with E-state index in [2.05, 4.69) is 40.3 Å². The predicted octanol–water partition coefficient (Wildman–Crippen LogP) is 3.63. The molecule has 0 bridgehead atoms. The maximum atomic E-state index is 6.27. The number of halogens is 2. The molecule has 0 aliphatic heterocycles. The topological polar surface area (TPSA) is 55.9 Å². The van der Waals surface area contributed by atoms with Crippen molar-refractivity contribution in [2.45, 2.75) is 32.4 Å². The highest BCUT2D eigenvalue weighted by atomic mass is 79.9. The molecule has 20 heavy (non-hydrogen) atoms. The van der Waals surface area contributed by atoms with Crippen LogP contribution in [0.25, 0.3) is 0 Å². The van der Waals surface area contributed by atoms with Crippen LogP contribution in [-0.4, -0.2) is 9.78 Å². The number of aromatic nitrogens is 2. The van der Waals surface area contributed by atoms with E-state index < -0.39 is 0 Å². The molecule has 1 aromatic carbocycles. The second-order valence-corrected chi connectivity index (χ2v) is 6.29. The van der Waals surface area contributed by atoms with E-state index in [4.69, 9.17) is 17.4 Å². The number of hydrogen-bond acceptors (Lipinski definition) is 3. The Morgan fingerprint density at radius 1 is 1.40 bits per heavy atom. The molecule has 6 heteroatoms. The fraction of sp³-hybridized carbons (Fsp3) is 0.357. The Hall–Kier alpha value is -0.880. The van der Waals surface area contributed by atoms with Gasteiger partial charge in [-0.1, -0.05) is 33.6 Å². The summed E-state index contributed by atoms with van der Waals surface area (Å²) in [6.45, 7) is 4.20. The van der Waals surface area contributed by atoms with Gasteiger partial charge in [-0.2, -0.15) is 5.10 Å². The molecule has 0 saturated carbocycles. The minimum atomic E-state index is -0.0638. The summed E-state index contributed by atoms with van der Waals surface area (Å²) in [5.41, 5.74) is 4.77. The minimum Gasteiger partial charge on any atom is -0.271 e. The van der Waals surface area contributed by atoms with E-state index in [9.17, 15) is 0 Å². The normalized spacial score (nSPS) is 12.9. The average molecular weight is 358 g/mol. The fourth-order valence-electron chi connectivity index (χ4n) is 2.03. The lowest BCUT2D eigenvalue weighted by atomic mass is 10.0. The van der Waals surface area contributed by atoms with Crippen LogP contribution in [0.2, 0.25) is 5.02 Å². The van der Waals surface area contributed by atoms with Gasteiger partial charge in [-0.3, -0.25) is 16.0 Å². The summed E-state index contributed by atoms with van der Waals surface area (Å²) >= 11 is 9.68. The van der Waals surface area contributed by atoms with Crippen LogP contribution in [0.15, 0.2) is 34.9 Å². The van der Waals surface area contributed by atoms with Crippen molar-refractivity contribution in [1.29, 1.82) is 0 Å². The Morgan fingerprint density at radius 2 is 2.15 bits per heavy atom. The zero-order valence-corrected chi connectivity index (χ0v) is 13.8. The Labute approximate surface area is 132 Å². The summed E-state index contributed by atoms with van der Waals surface area (Å²) in [5, 5.41) is 5.22. The lowest BCUT2D eigenvalue weighted by molar-refractivity contribution is 0.507. The van der Waals surface area contributed by atoms with Crippen molar-refractivity contribution < 1.29 is 0 Å². The van der Waals surface area contributed by atoms with Crippen LogP contribution in [0.1, 0.15) is 37.2 Å². The lowest BCUT2D eigenvalue weighted by Gasteiger charge is -2.17. The van der Waals surface area contributed by atoms with Crippen molar-refractivity contribution in [2.24, 2.45) is 5.84 Å². The first-order valence-corrected chi connectivity index (χ1v) is 7.63. The lowest BCUT2D eigenvalue weighted by Crippen LogP contribution is -2.30. The van der Waals surface area contributed by atoms with Crippen LogP contribution in [0.5, 0.6) is 0 Å². The van der Waals surface area contributed by atoms with Crippen molar-refractivity contribution in [2.75, 3.05) is 0 Å².